The normalized spacial score (nSPS) is 13.5. The smallest absolute Gasteiger partial charge is 0.231 e. The summed E-state index contributed by atoms with van der Waals surface area (Å²) in [4.78, 5) is 23.8. The van der Waals surface area contributed by atoms with Crippen molar-refractivity contribution in [3.8, 4) is 28.5 Å². The van der Waals surface area contributed by atoms with Gasteiger partial charge in [0.15, 0.2) is 0 Å². The topological polar surface area (TPSA) is 91.0 Å². The fourth-order valence-corrected chi connectivity index (χ4v) is 4.81. The van der Waals surface area contributed by atoms with Gasteiger partial charge in [0.05, 0.1) is 35.4 Å². The van der Waals surface area contributed by atoms with E-state index in [0.717, 1.165) is 11.1 Å². The third-order valence-electron chi connectivity index (χ3n) is 5.95. The number of hydrogen-bond acceptors (Lipinski definition) is 6. The maximum absolute atomic E-state index is 13.0. The molecule has 3 aromatic heterocycles. The molecule has 1 amide bonds. The van der Waals surface area contributed by atoms with Crippen molar-refractivity contribution >= 4 is 35.1 Å². The van der Waals surface area contributed by atoms with E-state index >= 15 is 0 Å². The van der Waals surface area contributed by atoms with E-state index in [-0.39, 0.29) is 18.1 Å². The molecule has 11 heteroatoms. The van der Waals surface area contributed by atoms with E-state index in [1.807, 2.05) is 58.0 Å². The predicted octanol–water partition coefficient (Wildman–Crippen LogP) is 5.82. The molecule has 0 saturated heterocycles. The number of anilines is 1. The minimum Gasteiger partial charge on any atom is -0.489 e. The second kappa shape index (κ2) is 10.1. The highest BCUT2D eigenvalue weighted by Crippen LogP contribution is 2.35. The molecule has 37 heavy (non-hydrogen) atoms. The monoisotopic (exact) mass is 539 g/mol. The summed E-state index contributed by atoms with van der Waals surface area (Å²) in [5, 5.41) is 9.98. The van der Waals surface area contributed by atoms with Crippen molar-refractivity contribution in [3.05, 3.63) is 58.3 Å². The molecule has 0 radical (unpaired) electrons. The maximum atomic E-state index is 13.0. The Morgan fingerprint density at radius 2 is 1.92 bits per heavy atom. The van der Waals surface area contributed by atoms with Crippen LogP contribution in [0, 0.1) is 0 Å². The molecule has 0 N–H and O–H groups in total. The minimum atomic E-state index is -0.0348. The molecule has 0 bridgehead atoms. The highest BCUT2D eigenvalue weighted by molar-refractivity contribution is 6.33. The number of benzene rings is 1. The number of halogens is 2. The van der Waals surface area contributed by atoms with Crippen molar-refractivity contribution in [3.63, 3.8) is 0 Å². The number of fused-ring (bicyclic) bond motifs is 1. The molecular weight excluding hydrogens is 513 g/mol. The Morgan fingerprint density at radius 3 is 2.65 bits per heavy atom. The van der Waals surface area contributed by atoms with Gasteiger partial charge in [-0.3, -0.25) is 19.4 Å². The summed E-state index contributed by atoms with van der Waals surface area (Å²) in [5.41, 5.74) is 2.92. The molecule has 0 aliphatic carbocycles. The van der Waals surface area contributed by atoms with Crippen LogP contribution in [0.15, 0.2) is 42.7 Å². The van der Waals surface area contributed by atoms with Crippen molar-refractivity contribution < 1.29 is 9.53 Å². The maximum Gasteiger partial charge on any atom is 0.231 e. The zero-order valence-corrected chi connectivity index (χ0v) is 22.5. The van der Waals surface area contributed by atoms with Gasteiger partial charge < -0.3 is 4.74 Å². The van der Waals surface area contributed by atoms with Gasteiger partial charge in [-0.2, -0.15) is 10.1 Å². The lowest BCUT2D eigenvalue weighted by atomic mass is 10.1. The van der Waals surface area contributed by atoms with E-state index in [9.17, 15) is 4.79 Å². The summed E-state index contributed by atoms with van der Waals surface area (Å²) in [7, 11) is 0. The fourth-order valence-electron chi connectivity index (χ4n) is 4.31. The lowest BCUT2D eigenvalue weighted by Crippen LogP contribution is -2.37. The zero-order valence-electron chi connectivity index (χ0n) is 21.0. The second-order valence-electron chi connectivity index (χ2n) is 9.40. The molecule has 1 aliphatic rings. The SMILES string of the molecule is CC(C)Oc1cccnc1-c1ccc(CN2C(=O)CCn3nc(-c4c(Cl)cnn4C(C)C)nc32)cc1Cl. The van der Waals surface area contributed by atoms with Crippen LogP contribution in [0.25, 0.3) is 22.8 Å². The first-order valence-corrected chi connectivity index (χ1v) is 12.9. The van der Waals surface area contributed by atoms with Gasteiger partial charge in [0.1, 0.15) is 17.1 Å². The Morgan fingerprint density at radius 1 is 1.11 bits per heavy atom. The summed E-state index contributed by atoms with van der Waals surface area (Å²) < 4.78 is 9.44. The Kier molecular flexibility index (Phi) is 6.92. The summed E-state index contributed by atoms with van der Waals surface area (Å²) in [6.45, 7) is 8.69. The molecule has 4 heterocycles. The van der Waals surface area contributed by atoms with Crippen LogP contribution in [0.3, 0.4) is 0 Å². The Balaban J connectivity index is 1.46. The van der Waals surface area contributed by atoms with Gasteiger partial charge in [-0.1, -0.05) is 35.3 Å². The van der Waals surface area contributed by atoms with E-state index in [0.29, 0.717) is 58.5 Å². The van der Waals surface area contributed by atoms with Crippen LogP contribution in [-0.4, -0.2) is 41.5 Å². The number of nitrogens with zero attached hydrogens (tertiary/aromatic N) is 7. The summed E-state index contributed by atoms with van der Waals surface area (Å²) in [5.74, 6) is 1.54. The number of ether oxygens (including phenoxy) is 1. The van der Waals surface area contributed by atoms with E-state index in [4.69, 9.17) is 32.9 Å². The van der Waals surface area contributed by atoms with Gasteiger partial charge in [-0.25, -0.2) is 4.68 Å². The van der Waals surface area contributed by atoms with E-state index in [1.54, 1.807) is 26.7 Å². The molecule has 0 atom stereocenters. The molecule has 192 valence electrons. The van der Waals surface area contributed by atoms with Gasteiger partial charge in [0, 0.05) is 24.2 Å². The number of aryl methyl sites for hydroxylation is 1. The molecule has 1 aliphatic heterocycles. The standard InChI is InChI=1S/C26H27Cl2N7O2/c1-15(2)35-24(20(28)13-30-35)25-31-26-33(22(36)9-11-34(26)32-25)14-17-7-8-18(19(27)12-17)23-21(37-16(3)4)6-5-10-29-23/h5-8,10,12-13,15-16H,9,11,14H2,1-4H3. The highest BCUT2D eigenvalue weighted by atomic mass is 35.5. The van der Waals surface area contributed by atoms with Crippen LogP contribution >= 0.6 is 23.2 Å². The van der Waals surface area contributed by atoms with E-state index < -0.39 is 0 Å². The summed E-state index contributed by atoms with van der Waals surface area (Å²) in [6, 6.07) is 9.46. The molecular formula is C26H27Cl2N7O2. The molecule has 0 spiro atoms. The molecule has 1 aromatic carbocycles. The molecule has 9 nitrogen and oxygen atoms in total. The Bertz CT molecular complexity index is 1460. The predicted molar refractivity (Wildman–Crippen MR) is 143 cm³/mol. The van der Waals surface area contributed by atoms with E-state index in [1.165, 1.54) is 0 Å². The van der Waals surface area contributed by atoms with Crippen molar-refractivity contribution in [2.75, 3.05) is 4.90 Å². The number of rotatable bonds is 7. The summed E-state index contributed by atoms with van der Waals surface area (Å²) >= 11 is 13.1. The van der Waals surface area contributed by atoms with Crippen molar-refractivity contribution in [2.45, 2.75) is 59.4 Å². The number of amides is 1. The molecule has 0 fully saturated rings. The third kappa shape index (κ3) is 4.93. The number of carbonyl (C=O) groups excluding carboxylic acids is 1. The van der Waals surface area contributed by atoms with Gasteiger partial charge in [-0.05, 0) is 51.5 Å². The summed E-state index contributed by atoms with van der Waals surface area (Å²) in [6.07, 6.45) is 3.62. The van der Waals surface area contributed by atoms with Crippen LogP contribution < -0.4 is 9.64 Å². The quantitative estimate of drug-likeness (QED) is 0.294. The third-order valence-corrected chi connectivity index (χ3v) is 6.54. The van der Waals surface area contributed by atoms with Gasteiger partial charge in [0.2, 0.25) is 17.7 Å². The molecule has 0 unspecified atom stereocenters. The average molecular weight is 540 g/mol. The molecule has 4 aromatic rings. The average Bonchev–Trinajstić information content (AvgIpc) is 3.45. The first kappa shape index (κ1) is 25.2. The lowest BCUT2D eigenvalue weighted by molar-refractivity contribution is -0.119. The molecule has 5 rings (SSSR count). The van der Waals surface area contributed by atoms with Crippen molar-refractivity contribution in [2.24, 2.45) is 0 Å². The van der Waals surface area contributed by atoms with Gasteiger partial charge in [-0.15, -0.1) is 5.10 Å². The van der Waals surface area contributed by atoms with Crippen LogP contribution in [0.1, 0.15) is 45.7 Å². The van der Waals surface area contributed by atoms with Crippen LogP contribution in [0.5, 0.6) is 5.75 Å². The van der Waals surface area contributed by atoms with Crippen molar-refractivity contribution in [1.82, 2.24) is 29.5 Å². The van der Waals surface area contributed by atoms with Crippen molar-refractivity contribution in [1.29, 1.82) is 0 Å². The number of pyridine rings is 1. The Hall–Kier alpha value is -3.43. The zero-order chi connectivity index (χ0) is 26.3. The minimum absolute atomic E-state index is 0.00223. The highest BCUT2D eigenvalue weighted by Gasteiger charge is 2.30. The van der Waals surface area contributed by atoms with Gasteiger partial charge in [0.25, 0.3) is 0 Å². The van der Waals surface area contributed by atoms with E-state index in [2.05, 4.69) is 15.2 Å². The van der Waals surface area contributed by atoms with Crippen LogP contribution in [-0.2, 0) is 17.9 Å². The first-order valence-electron chi connectivity index (χ1n) is 12.1. The van der Waals surface area contributed by atoms with Crippen LogP contribution in [0.4, 0.5) is 5.95 Å². The Labute approximate surface area is 225 Å². The second-order valence-corrected chi connectivity index (χ2v) is 10.2. The first-order chi connectivity index (χ1) is 17.7. The number of hydrogen-bond donors (Lipinski definition) is 0. The lowest BCUT2D eigenvalue weighted by Gasteiger charge is -2.26. The number of carbonyl (C=O) groups is 1. The van der Waals surface area contributed by atoms with Crippen LogP contribution in [0.2, 0.25) is 10.0 Å². The fraction of sp³-hybridized carbons (Fsp3) is 0.346. The largest absolute Gasteiger partial charge is 0.489 e. The number of aromatic nitrogens is 6. The molecule has 0 saturated carbocycles. The van der Waals surface area contributed by atoms with Gasteiger partial charge >= 0.3 is 0 Å².